The number of carboxylic acids is 1. The summed E-state index contributed by atoms with van der Waals surface area (Å²) < 4.78 is 4.92. The van der Waals surface area contributed by atoms with E-state index in [0.717, 1.165) is 0 Å². The molecule has 0 saturated carbocycles. The summed E-state index contributed by atoms with van der Waals surface area (Å²) in [6.45, 7) is 6.35. The van der Waals surface area contributed by atoms with Crippen molar-refractivity contribution in [2.75, 3.05) is 20.3 Å². The third kappa shape index (κ3) is 7.12. The maximum Gasteiger partial charge on any atom is 0.305 e. The summed E-state index contributed by atoms with van der Waals surface area (Å²) in [4.78, 5) is 24.5. The molecule has 0 heterocycles. The van der Waals surface area contributed by atoms with Crippen LogP contribution in [0.25, 0.3) is 0 Å². The summed E-state index contributed by atoms with van der Waals surface area (Å²) in [5, 5.41) is 8.74. The van der Waals surface area contributed by atoms with Crippen molar-refractivity contribution in [1.82, 2.24) is 4.90 Å². The number of rotatable bonds is 8. The first-order valence-electron chi connectivity index (χ1n) is 6.48. The second-order valence-electron chi connectivity index (χ2n) is 5.55. The van der Waals surface area contributed by atoms with Crippen LogP contribution < -0.4 is 5.73 Å². The number of nitrogens with two attached hydrogens (primary N) is 1. The van der Waals surface area contributed by atoms with Gasteiger partial charge in [-0.25, -0.2) is 0 Å². The molecule has 0 radical (unpaired) electrons. The number of methoxy groups -OCH3 is 1. The highest BCUT2D eigenvalue weighted by Gasteiger charge is 2.29. The molecule has 0 aromatic carbocycles. The van der Waals surface area contributed by atoms with Crippen LogP contribution in [-0.4, -0.2) is 53.7 Å². The molecular formula is C13H26N2O4. The zero-order valence-electron chi connectivity index (χ0n) is 12.3. The van der Waals surface area contributed by atoms with E-state index in [9.17, 15) is 9.59 Å². The number of aliphatic carboxylic acids is 1. The summed E-state index contributed by atoms with van der Waals surface area (Å²) in [5.74, 6) is -1.13. The standard InChI is InChI=1S/C13H26N2O4/c1-13(2,3)15(8-7-11(16)17)12(18)10(14)6-5-9-19-4/h10H,5-9,14H2,1-4H3,(H,16,17). The molecule has 0 aromatic rings. The number of amides is 1. The highest BCUT2D eigenvalue weighted by atomic mass is 16.5. The van der Waals surface area contributed by atoms with Crippen LogP contribution >= 0.6 is 0 Å². The lowest BCUT2D eigenvalue weighted by molar-refractivity contribution is -0.141. The molecule has 0 rings (SSSR count). The van der Waals surface area contributed by atoms with Crippen molar-refractivity contribution in [3.05, 3.63) is 0 Å². The average Bonchev–Trinajstić information content (AvgIpc) is 2.26. The Bertz CT molecular complexity index is 300. The topological polar surface area (TPSA) is 92.9 Å². The minimum Gasteiger partial charge on any atom is -0.481 e. The normalized spacial score (nSPS) is 13.1. The van der Waals surface area contributed by atoms with E-state index in [-0.39, 0.29) is 18.9 Å². The minimum atomic E-state index is -0.921. The molecule has 0 fully saturated rings. The van der Waals surface area contributed by atoms with Gasteiger partial charge in [0.05, 0.1) is 12.5 Å². The van der Waals surface area contributed by atoms with E-state index in [1.807, 2.05) is 20.8 Å². The van der Waals surface area contributed by atoms with Crippen LogP contribution in [0.4, 0.5) is 0 Å². The lowest BCUT2D eigenvalue weighted by atomic mass is 10.0. The van der Waals surface area contributed by atoms with E-state index in [1.54, 1.807) is 12.0 Å². The molecule has 0 aromatic heterocycles. The van der Waals surface area contributed by atoms with Gasteiger partial charge in [0, 0.05) is 25.8 Å². The maximum atomic E-state index is 12.3. The number of carbonyl (C=O) groups excluding carboxylic acids is 1. The van der Waals surface area contributed by atoms with Crippen molar-refractivity contribution in [3.63, 3.8) is 0 Å². The van der Waals surface area contributed by atoms with Crippen molar-refractivity contribution in [3.8, 4) is 0 Å². The van der Waals surface area contributed by atoms with Crippen LogP contribution in [0.2, 0.25) is 0 Å². The average molecular weight is 274 g/mol. The van der Waals surface area contributed by atoms with Gasteiger partial charge in [-0.15, -0.1) is 0 Å². The molecule has 19 heavy (non-hydrogen) atoms. The fraction of sp³-hybridized carbons (Fsp3) is 0.846. The van der Waals surface area contributed by atoms with Crippen LogP contribution in [0.5, 0.6) is 0 Å². The Hall–Kier alpha value is -1.14. The predicted octanol–water partition coefficient (Wildman–Crippen LogP) is 0.842. The quantitative estimate of drug-likeness (QED) is 0.640. The molecule has 1 amide bonds. The van der Waals surface area contributed by atoms with E-state index in [1.165, 1.54) is 0 Å². The number of carbonyl (C=O) groups is 2. The van der Waals surface area contributed by atoms with Crippen molar-refractivity contribution in [2.24, 2.45) is 5.73 Å². The third-order valence-corrected chi connectivity index (χ3v) is 2.81. The number of hydrogen-bond donors (Lipinski definition) is 2. The smallest absolute Gasteiger partial charge is 0.305 e. The van der Waals surface area contributed by atoms with Gasteiger partial charge < -0.3 is 20.5 Å². The van der Waals surface area contributed by atoms with Crippen LogP contribution in [0.15, 0.2) is 0 Å². The molecule has 1 unspecified atom stereocenters. The summed E-state index contributed by atoms with van der Waals surface area (Å²) in [6, 6.07) is -0.608. The second kappa shape index (κ2) is 8.12. The summed E-state index contributed by atoms with van der Waals surface area (Å²) in [5.41, 5.74) is 5.43. The van der Waals surface area contributed by atoms with Crippen LogP contribution in [-0.2, 0) is 14.3 Å². The number of carboxylic acid groups (broad SMARTS) is 1. The Morgan fingerprint density at radius 1 is 1.37 bits per heavy atom. The lowest BCUT2D eigenvalue weighted by Crippen LogP contribution is -2.53. The van der Waals surface area contributed by atoms with Gasteiger partial charge in [-0.05, 0) is 33.6 Å². The predicted molar refractivity (Wildman–Crippen MR) is 72.8 cm³/mol. The molecule has 0 spiro atoms. The van der Waals surface area contributed by atoms with Gasteiger partial charge in [-0.2, -0.15) is 0 Å². The number of hydrogen-bond acceptors (Lipinski definition) is 4. The van der Waals surface area contributed by atoms with E-state index in [2.05, 4.69) is 0 Å². The Kier molecular flexibility index (Phi) is 7.63. The first-order chi connectivity index (χ1) is 8.70. The molecule has 6 heteroatoms. The second-order valence-corrected chi connectivity index (χ2v) is 5.55. The fourth-order valence-corrected chi connectivity index (χ4v) is 1.75. The molecule has 0 aliphatic heterocycles. The van der Waals surface area contributed by atoms with Crippen molar-refractivity contribution >= 4 is 11.9 Å². The fourth-order valence-electron chi connectivity index (χ4n) is 1.75. The SMILES string of the molecule is COCCCC(N)C(=O)N(CCC(=O)O)C(C)(C)C. The highest BCUT2D eigenvalue weighted by molar-refractivity contribution is 5.82. The zero-order chi connectivity index (χ0) is 15.1. The van der Waals surface area contributed by atoms with Crippen molar-refractivity contribution < 1.29 is 19.4 Å². The van der Waals surface area contributed by atoms with E-state index >= 15 is 0 Å². The van der Waals surface area contributed by atoms with Gasteiger partial charge in [0.15, 0.2) is 0 Å². The van der Waals surface area contributed by atoms with Crippen LogP contribution in [0.1, 0.15) is 40.0 Å². The minimum absolute atomic E-state index is 0.0756. The van der Waals surface area contributed by atoms with Gasteiger partial charge in [-0.3, -0.25) is 9.59 Å². The van der Waals surface area contributed by atoms with Gasteiger partial charge in [-0.1, -0.05) is 0 Å². The Balaban J connectivity index is 4.57. The molecule has 0 bridgehead atoms. The molecule has 1 atom stereocenters. The summed E-state index contributed by atoms with van der Waals surface area (Å²) >= 11 is 0. The monoisotopic (exact) mass is 274 g/mol. The largest absolute Gasteiger partial charge is 0.481 e. The molecular weight excluding hydrogens is 248 g/mol. The van der Waals surface area contributed by atoms with Gasteiger partial charge in [0.2, 0.25) is 5.91 Å². The number of nitrogens with zero attached hydrogens (tertiary/aromatic N) is 1. The van der Waals surface area contributed by atoms with Crippen molar-refractivity contribution in [2.45, 2.75) is 51.6 Å². The third-order valence-electron chi connectivity index (χ3n) is 2.81. The van der Waals surface area contributed by atoms with E-state index in [4.69, 9.17) is 15.6 Å². The highest BCUT2D eigenvalue weighted by Crippen LogP contribution is 2.16. The van der Waals surface area contributed by atoms with Crippen LogP contribution in [0, 0.1) is 0 Å². The molecule has 0 aliphatic carbocycles. The number of ether oxygens (including phenoxy) is 1. The Labute approximate surface area is 114 Å². The Morgan fingerprint density at radius 2 is 1.95 bits per heavy atom. The maximum absolute atomic E-state index is 12.3. The molecule has 3 N–H and O–H groups in total. The first-order valence-corrected chi connectivity index (χ1v) is 6.48. The van der Waals surface area contributed by atoms with Crippen molar-refractivity contribution in [1.29, 1.82) is 0 Å². The molecule has 112 valence electrons. The molecule has 0 saturated heterocycles. The summed E-state index contributed by atoms with van der Waals surface area (Å²) in [6.07, 6.45) is 1.17. The van der Waals surface area contributed by atoms with Gasteiger partial charge in [0.25, 0.3) is 0 Å². The molecule has 0 aliphatic rings. The van der Waals surface area contributed by atoms with E-state index < -0.39 is 17.6 Å². The molecule has 6 nitrogen and oxygen atoms in total. The van der Waals surface area contributed by atoms with Gasteiger partial charge >= 0.3 is 5.97 Å². The van der Waals surface area contributed by atoms with E-state index in [0.29, 0.717) is 19.4 Å². The zero-order valence-corrected chi connectivity index (χ0v) is 12.3. The summed E-state index contributed by atoms with van der Waals surface area (Å²) in [7, 11) is 1.60. The first kappa shape index (κ1) is 17.9. The lowest BCUT2D eigenvalue weighted by Gasteiger charge is -2.37. The Morgan fingerprint density at radius 3 is 2.37 bits per heavy atom. The van der Waals surface area contributed by atoms with Crippen LogP contribution in [0.3, 0.4) is 0 Å². The van der Waals surface area contributed by atoms with Gasteiger partial charge in [0.1, 0.15) is 0 Å².